The van der Waals surface area contributed by atoms with Crippen molar-refractivity contribution in [3.63, 3.8) is 0 Å². The Labute approximate surface area is 165 Å². The average molecular weight is 371 g/mol. The summed E-state index contributed by atoms with van der Waals surface area (Å²) in [6, 6.07) is 29.7. The van der Waals surface area contributed by atoms with Crippen molar-refractivity contribution in [2.75, 3.05) is 7.11 Å². The molecule has 3 aromatic rings. The number of hydrogen-bond acceptors (Lipinski definition) is 2. The lowest BCUT2D eigenvalue weighted by atomic mass is 9.90. The maximum Gasteiger partial charge on any atom is 0.118 e. The summed E-state index contributed by atoms with van der Waals surface area (Å²) in [5, 5.41) is 0. The Morgan fingerprint density at radius 3 is 1.89 bits per heavy atom. The van der Waals surface area contributed by atoms with Crippen LogP contribution in [-0.2, 0) is 0 Å². The van der Waals surface area contributed by atoms with E-state index in [4.69, 9.17) is 4.74 Å². The molecule has 0 aromatic heterocycles. The fourth-order valence-corrected chi connectivity index (χ4v) is 4.86. The fourth-order valence-electron chi connectivity index (χ4n) is 3.44. The number of thioether (sulfide) groups is 1. The molecule has 0 spiro atoms. The standard InChI is InChI=1S/C25H22OS/c1-18-17-23(19-9-5-3-6-10-19)27-25(21-13-15-22(26-2)16-14-21)24(18)20-11-7-4-8-12-20/h3-18H,1-2H3. The van der Waals surface area contributed by atoms with Gasteiger partial charge in [-0.15, -0.1) is 0 Å². The Kier molecular flexibility index (Phi) is 5.17. The molecule has 1 atom stereocenters. The fraction of sp³-hybridized carbons (Fsp3) is 0.120. The molecule has 1 unspecified atom stereocenters. The number of ether oxygens (including phenoxy) is 1. The number of hydrogen-bond donors (Lipinski definition) is 0. The molecular formula is C25H22OS. The number of benzene rings is 3. The van der Waals surface area contributed by atoms with Crippen LogP contribution in [0, 0.1) is 5.92 Å². The average Bonchev–Trinajstić information content (AvgIpc) is 2.74. The third-order valence-electron chi connectivity index (χ3n) is 4.81. The van der Waals surface area contributed by atoms with Crippen LogP contribution in [0.3, 0.4) is 0 Å². The minimum Gasteiger partial charge on any atom is -0.497 e. The molecule has 4 rings (SSSR count). The molecule has 134 valence electrons. The van der Waals surface area contributed by atoms with E-state index >= 15 is 0 Å². The highest BCUT2D eigenvalue weighted by Gasteiger charge is 2.24. The van der Waals surface area contributed by atoms with Gasteiger partial charge in [0, 0.05) is 15.7 Å². The van der Waals surface area contributed by atoms with E-state index in [1.165, 1.54) is 32.1 Å². The van der Waals surface area contributed by atoms with Crippen molar-refractivity contribution in [1.29, 1.82) is 0 Å². The van der Waals surface area contributed by atoms with Crippen molar-refractivity contribution in [3.8, 4) is 5.75 Å². The summed E-state index contributed by atoms with van der Waals surface area (Å²) < 4.78 is 5.35. The van der Waals surface area contributed by atoms with E-state index < -0.39 is 0 Å². The first-order valence-corrected chi connectivity index (χ1v) is 9.97. The molecule has 2 heteroatoms. The Bertz CT molecular complexity index is 970. The summed E-state index contributed by atoms with van der Waals surface area (Å²) in [6.45, 7) is 2.29. The minimum atomic E-state index is 0.334. The summed E-state index contributed by atoms with van der Waals surface area (Å²) in [6.07, 6.45) is 2.38. The van der Waals surface area contributed by atoms with Crippen LogP contribution in [0.2, 0.25) is 0 Å². The zero-order valence-corrected chi connectivity index (χ0v) is 16.4. The Morgan fingerprint density at radius 2 is 1.30 bits per heavy atom. The van der Waals surface area contributed by atoms with Crippen molar-refractivity contribution >= 4 is 27.1 Å². The Morgan fingerprint density at radius 1 is 0.704 bits per heavy atom. The second-order valence-corrected chi connectivity index (χ2v) is 7.68. The van der Waals surface area contributed by atoms with Crippen molar-refractivity contribution in [2.45, 2.75) is 6.92 Å². The van der Waals surface area contributed by atoms with E-state index in [0.717, 1.165) is 5.75 Å². The largest absolute Gasteiger partial charge is 0.497 e. The first-order valence-electron chi connectivity index (χ1n) is 9.15. The number of methoxy groups -OCH3 is 1. The summed E-state index contributed by atoms with van der Waals surface area (Å²) in [4.78, 5) is 2.63. The zero-order chi connectivity index (χ0) is 18.6. The topological polar surface area (TPSA) is 9.23 Å². The van der Waals surface area contributed by atoms with Crippen LogP contribution in [-0.4, -0.2) is 7.11 Å². The van der Waals surface area contributed by atoms with Crippen LogP contribution >= 0.6 is 11.8 Å². The highest BCUT2D eigenvalue weighted by atomic mass is 32.2. The summed E-state index contributed by atoms with van der Waals surface area (Å²) in [7, 11) is 1.71. The lowest BCUT2D eigenvalue weighted by molar-refractivity contribution is 0.415. The lowest BCUT2D eigenvalue weighted by Gasteiger charge is -2.26. The van der Waals surface area contributed by atoms with Crippen molar-refractivity contribution in [2.24, 2.45) is 5.92 Å². The van der Waals surface area contributed by atoms with Crippen LogP contribution in [0.4, 0.5) is 0 Å². The van der Waals surface area contributed by atoms with Gasteiger partial charge in [0.25, 0.3) is 0 Å². The van der Waals surface area contributed by atoms with Gasteiger partial charge in [-0.05, 0) is 34.4 Å². The number of allylic oxidation sites excluding steroid dienone is 2. The maximum absolute atomic E-state index is 5.35. The van der Waals surface area contributed by atoms with Crippen molar-refractivity contribution in [1.82, 2.24) is 0 Å². The molecule has 0 amide bonds. The van der Waals surface area contributed by atoms with Gasteiger partial charge in [0.15, 0.2) is 0 Å². The first kappa shape index (κ1) is 17.7. The van der Waals surface area contributed by atoms with E-state index in [0.29, 0.717) is 5.92 Å². The van der Waals surface area contributed by atoms with E-state index in [2.05, 4.69) is 85.8 Å². The minimum absolute atomic E-state index is 0.334. The van der Waals surface area contributed by atoms with Crippen LogP contribution in [0.5, 0.6) is 5.75 Å². The van der Waals surface area contributed by atoms with E-state index in [1.807, 2.05) is 23.9 Å². The monoisotopic (exact) mass is 370 g/mol. The predicted octanol–water partition coefficient (Wildman–Crippen LogP) is 6.99. The van der Waals surface area contributed by atoms with Gasteiger partial charge in [0.1, 0.15) is 5.75 Å². The predicted molar refractivity (Wildman–Crippen MR) is 117 cm³/mol. The van der Waals surface area contributed by atoms with Gasteiger partial charge >= 0.3 is 0 Å². The smallest absolute Gasteiger partial charge is 0.118 e. The number of rotatable bonds is 4. The van der Waals surface area contributed by atoms with Crippen LogP contribution < -0.4 is 4.74 Å². The van der Waals surface area contributed by atoms with E-state index in [9.17, 15) is 0 Å². The molecule has 0 fully saturated rings. The Hall–Kier alpha value is -2.71. The van der Waals surface area contributed by atoms with Crippen LogP contribution in [0.15, 0.2) is 91.0 Å². The molecule has 0 saturated carbocycles. The second kappa shape index (κ2) is 7.89. The Balaban J connectivity index is 1.83. The zero-order valence-electron chi connectivity index (χ0n) is 15.6. The first-order chi connectivity index (χ1) is 13.3. The molecule has 0 aliphatic carbocycles. The molecule has 27 heavy (non-hydrogen) atoms. The third kappa shape index (κ3) is 3.72. The van der Waals surface area contributed by atoms with Gasteiger partial charge in [0.2, 0.25) is 0 Å². The third-order valence-corrected chi connectivity index (χ3v) is 6.06. The van der Waals surface area contributed by atoms with Gasteiger partial charge in [-0.3, -0.25) is 0 Å². The second-order valence-electron chi connectivity index (χ2n) is 6.63. The lowest BCUT2D eigenvalue weighted by Crippen LogP contribution is -2.04. The molecule has 1 heterocycles. The highest BCUT2D eigenvalue weighted by molar-refractivity contribution is 8.16. The van der Waals surface area contributed by atoms with Crippen molar-refractivity contribution in [3.05, 3.63) is 108 Å². The van der Waals surface area contributed by atoms with Crippen LogP contribution in [0.25, 0.3) is 15.4 Å². The SMILES string of the molecule is COc1ccc(C2=C(c3ccccc3)C(C)C=C(c3ccccc3)S2)cc1. The molecule has 1 nitrogen and oxygen atoms in total. The van der Waals surface area contributed by atoms with Gasteiger partial charge < -0.3 is 4.74 Å². The van der Waals surface area contributed by atoms with Gasteiger partial charge in [0.05, 0.1) is 7.11 Å². The molecular weight excluding hydrogens is 348 g/mol. The van der Waals surface area contributed by atoms with E-state index in [1.54, 1.807) is 7.11 Å². The molecule has 0 saturated heterocycles. The normalized spacial score (nSPS) is 16.8. The summed E-state index contributed by atoms with van der Waals surface area (Å²) in [5.41, 5.74) is 5.16. The molecule has 3 aromatic carbocycles. The molecule has 0 bridgehead atoms. The van der Waals surface area contributed by atoms with Gasteiger partial charge in [-0.25, -0.2) is 0 Å². The summed E-state index contributed by atoms with van der Waals surface area (Å²) >= 11 is 1.86. The molecule has 0 N–H and O–H groups in total. The van der Waals surface area contributed by atoms with Crippen LogP contribution in [0.1, 0.15) is 23.6 Å². The van der Waals surface area contributed by atoms with Crippen molar-refractivity contribution < 1.29 is 4.74 Å². The van der Waals surface area contributed by atoms with Gasteiger partial charge in [-0.2, -0.15) is 0 Å². The molecule has 1 aliphatic rings. The molecule has 1 aliphatic heterocycles. The van der Waals surface area contributed by atoms with E-state index in [-0.39, 0.29) is 0 Å². The summed E-state index contributed by atoms with van der Waals surface area (Å²) in [5.74, 6) is 1.22. The highest BCUT2D eigenvalue weighted by Crippen LogP contribution is 2.50. The van der Waals surface area contributed by atoms with Gasteiger partial charge in [-0.1, -0.05) is 97.6 Å². The maximum atomic E-state index is 5.35. The quantitative estimate of drug-likeness (QED) is 0.489. The molecule has 0 radical (unpaired) electrons.